The van der Waals surface area contributed by atoms with E-state index in [0.29, 0.717) is 17.4 Å². The number of allylic oxidation sites excluding steroid dienone is 5. The first-order valence-electron chi connectivity index (χ1n) is 18.7. The number of carbonyl (C=O) groups is 2. The van der Waals surface area contributed by atoms with Gasteiger partial charge in [0.15, 0.2) is 6.10 Å². The second kappa shape index (κ2) is 31.2. The third kappa shape index (κ3) is 34.1. The van der Waals surface area contributed by atoms with Crippen LogP contribution in [0.3, 0.4) is 0 Å². The number of esters is 2. The van der Waals surface area contributed by atoms with Gasteiger partial charge >= 0.3 is 19.8 Å². The fourth-order valence-corrected chi connectivity index (χ4v) is 5.55. The highest BCUT2D eigenvalue weighted by Crippen LogP contribution is 2.43. The van der Waals surface area contributed by atoms with Gasteiger partial charge in [-0.15, -0.1) is 6.58 Å². The predicted octanol–water partition coefficient (Wildman–Crippen LogP) is 9.79. The van der Waals surface area contributed by atoms with Crippen molar-refractivity contribution in [3.8, 4) is 0 Å². The lowest BCUT2D eigenvalue weighted by Gasteiger charge is -2.24. The van der Waals surface area contributed by atoms with Gasteiger partial charge in [-0.3, -0.25) is 18.6 Å². The highest BCUT2D eigenvalue weighted by atomic mass is 31.2. The molecule has 0 aliphatic heterocycles. The molecule has 0 saturated heterocycles. The Hall–Kier alpha value is -1.77. The van der Waals surface area contributed by atoms with Crippen molar-refractivity contribution in [1.29, 1.82) is 0 Å². The number of rotatable bonds is 34. The van der Waals surface area contributed by atoms with Gasteiger partial charge in [-0.1, -0.05) is 88.7 Å². The number of quaternary nitrogens is 1. The van der Waals surface area contributed by atoms with E-state index in [1.807, 2.05) is 27.2 Å². The fraction of sp³-hybridized carbons (Fsp3) is 0.789. The zero-order valence-corrected chi connectivity index (χ0v) is 31.9. The second-order valence-corrected chi connectivity index (χ2v) is 15.1. The molecule has 0 aromatic rings. The van der Waals surface area contributed by atoms with E-state index < -0.39 is 26.5 Å². The molecule has 9 nitrogen and oxygen atoms in total. The molecule has 0 rings (SSSR count). The van der Waals surface area contributed by atoms with Crippen LogP contribution in [0.5, 0.6) is 0 Å². The van der Waals surface area contributed by atoms with E-state index in [2.05, 4.69) is 37.8 Å². The Morgan fingerprint density at radius 2 is 1.17 bits per heavy atom. The van der Waals surface area contributed by atoms with Crippen molar-refractivity contribution >= 4 is 19.8 Å². The normalized spacial score (nSPS) is 13.9. The number of unbranched alkanes of at least 4 members (excludes halogenated alkanes) is 15. The Morgan fingerprint density at radius 3 is 1.69 bits per heavy atom. The van der Waals surface area contributed by atoms with Gasteiger partial charge in [0, 0.05) is 12.8 Å². The molecule has 0 aliphatic rings. The summed E-state index contributed by atoms with van der Waals surface area (Å²) in [5, 5.41) is 0. The Labute approximate surface area is 293 Å². The van der Waals surface area contributed by atoms with Crippen molar-refractivity contribution in [1.82, 2.24) is 0 Å². The molecule has 1 unspecified atom stereocenters. The summed E-state index contributed by atoms with van der Waals surface area (Å²) >= 11 is 0. The third-order valence-corrected chi connectivity index (χ3v) is 8.75. The molecular weight excluding hydrogens is 629 g/mol. The lowest BCUT2D eigenvalue weighted by atomic mass is 10.1. The summed E-state index contributed by atoms with van der Waals surface area (Å²) in [5.74, 6) is -0.831. The van der Waals surface area contributed by atoms with Crippen molar-refractivity contribution in [3.05, 3.63) is 37.0 Å². The van der Waals surface area contributed by atoms with Crippen molar-refractivity contribution in [3.63, 3.8) is 0 Å². The van der Waals surface area contributed by atoms with E-state index in [9.17, 15) is 19.0 Å². The molecule has 0 saturated carbocycles. The largest absolute Gasteiger partial charge is 0.472 e. The lowest BCUT2D eigenvalue weighted by Crippen LogP contribution is -2.37. The summed E-state index contributed by atoms with van der Waals surface area (Å²) in [6.45, 7) is 5.77. The molecule has 0 aromatic carbocycles. The minimum absolute atomic E-state index is 0.0269. The highest BCUT2D eigenvalue weighted by Gasteiger charge is 2.27. The molecule has 10 heteroatoms. The van der Waals surface area contributed by atoms with Gasteiger partial charge in [0.1, 0.15) is 19.8 Å². The maximum Gasteiger partial charge on any atom is 0.472 e. The van der Waals surface area contributed by atoms with Crippen LogP contribution in [-0.2, 0) is 32.7 Å². The maximum absolute atomic E-state index is 12.6. The molecule has 48 heavy (non-hydrogen) atoms. The van der Waals surface area contributed by atoms with E-state index in [1.165, 1.54) is 25.7 Å². The first-order chi connectivity index (χ1) is 23.0. The number of carbonyl (C=O) groups excluding carboxylic acids is 2. The van der Waals surface area contributed by atoms with Gasteiger partial charge in [-0.2, -0.15) is 0 Å². The quantitative estimate of drug-likeness (QED) is 0.0232. The van der Waals surface area contributed by atoms with E-state index in [4.69, 9.17) is 18.5 Å². The van der Waals surface area contributed by atoms with Crippen LogP contribution in [0.1, 0.15) is 142 Å². The molecule has 1 N–H and O–H groups in total. The van der Waals surface area contributed by atoms with Crippen molar-refractivity contribution in [2.45, 2.75) is 148 Å². The SMILES string of the molecule is C=CCCCCCC/C=C/CCCCCCCC(=O)O[C@H](COC(=O)CCCCCCC/C=C/CC)COP(=O)(O)OCC[N+](C)(C)C. The summed E-state index contributed by atoms with van der Waals surface area (Å²) in [5.41, 5.74) is 0. The number of ether oxygens (including phenoxy) is 2. The standard InChI is InChI=1S/C38H70NO8P/c1-6-8-10-12-14-16-17-18-19-20-21-23-25-27-29-31-38(41)47-36(35-46-48(42,43)45-33-32-39(3,4)5)34-44-37(40)30-28-26-24-22-15-13-11-9-7-2/h6,9,11,18-19,36H,1,7-8,10,12-17,20-35H2,2-5H3/p+1/b11-9+,19-18+/t36-/m1/s1. The smallest absolute Gasteiger partial charge is 0.462 e. The van der Waals surface area contributed by atoms with E-state index in [1.54, 1.807) is 0 Å². The highest BCUT2D eigenvalue weighted by molar-refractivity contribution is 7.47. The Morgan fingerprint density at radius 1 is 0.688 bits per heavy atom. The van der Waals surface area contributed by atoms with Crippen molar-refractivity contribution in [2.24, 2.45) is 0 Å². The molecule has 0 radical (unpaired) electrons. The molecule has 0 aromatic heterocycles. The zero-order chi connectivity index (χ0) is 35.8. The number of phosphoric acid groups is 1. The van der Waals surface area contributed by atoms with Gasteiger partial charge in [-0.25, -0.2) is 4.57 Å². The molecule has 0 amide bonds. The fourth-order valence-electron chi connectivity index (χ4n) is 4.81. The average molecular weight is 701 g/mol. The van der Waals surface area contributed by atoms with E-state index >= 15 is 0 Å². The molecule has 280 valence electrons. The van der Waals surface area contributed by atoms with Crippen LogP contribution in [0.4, 0.5) is 0 Å². The van der Waals surface area contributed by atoms with Gasteiger partial charge < -0.3 is 18.9 Å². The summed E-state index contributed by atoms with van der Waals surface area (Å²) < 4.78 is 34.1. The molecule has 0 spiro atoms. The number of phosphoric ester groups is 1. The van der Waals surface area contributed by atoms with Crippen LogP contribution in [0, 0.1) is 0 Å². The number of hydrogen-bond acceptors (Lipinski definition) is 7. The monoisotopic (exact) mass is 700 g/mol. The third-order valence-electron chi connectivity index (χ3n) is 7.77. The van der Waals surface area contributed by atoms with Crippen LogP contribution in [0.25, 0.3) is 0 Å². The van der Waals surface area contributed by atoms with Crippen LogP contribution < -0.4 is 0 Å². The van der Waals surface area contributed by atoms with Gasteiger partial charge in [0.05, 0.1) is 27.7 Å². The first-order valence-corrected chi connectivity index (χ1v) is 20.2. The predicted molar refractivity (Wildman–Crippen MR) is 197 cm³/mol. The topological polar surface area (TPSA) is 108 Å². The van der Waals surface area contributed by atoms with Gasteiger partial charge in [-0.05, 0) is 70.6 Å². The van der Waals surface area contributed by atoms with Crippen molar-refractivity contribution < 1.29 is 42.1 Å². The van der Waals surface area contributed by atoms with Crippen molar-refractivity contribution in [2.75, 3.05) is 47.5 Å². The first kappa shape index (κ1) is 46.2. The van der Waals surface area contributed by atoms with Crippen LogP contribution in [0.2, 0.25) is 0 Å². The molecule has 2 atom stereocenters. The summed E-state index contributed by atoms with van der Waals surface area (Å²) in [6, 6.07) is 0. The Kier molecular flexibility index (Phi) is 30.1. The second-order valence-electron chi connectivity index (χ2n) is 13.7. The van der Waals surface area contributed by atoms with Gasteiger partial charge in [0.25, 0.3) is 0 Å². The lowest BCUT2D eigenvalue weighted by molar-refractivity contribution is -0.870. The summed E-state index contributed by atoms with van der Waals surface area (Å²) in [4.78, 5) is 35.1. The minimum atomic E-state index is -4.37. The van der Waals surface area contributed by atoms with Crippen LogP contribution >= 0.6 is 7.82 Å². The summed E-state index contributed by atoms with van der Waals surface area (Å²) in [7, 11) is 1.46. The van der Waals surface area contributed by atoms with E-state index in [0.717, 1.165) is 89.9 Å². The average Bonchev–Trinajstić information content (AvgIpc) is 3.02. The Balaban J connectivity index is 4.44. The Bertz CT molecular complexity index is 915. The molecule has 0 fully saturated rings. The molecule has 0 bridgehead atoms. The number of nitrogens with zero attached hydrogens (tertiary/aromatic N) is 1. The van der Waals surface area contributed by atoms with E-state index in [-0.39, 0.29) is 32.0 Å². The number of likely N-dealkylation sites (N-methyl/N-ethyl adjacent to an activating group) is 1. The maximum atomic E-state index is 12.6. The van der Waals surface area contributed by atoms with Crippen LogP contribution in [-0.4, -0.2) is 74.9 Å². The molecule has 0 heterocycles. The van der Waals surface area contributed by atoms with Crippen LogP contribution in [0.15, 0.2) is 37.0 Å². The summed E-state index contributed by atoms with van der Waals surface area (Å²) in [6.07, 6.45) is 31.0. The zero-order valence-electron chi connectivity index (χ0n) is 31.0. The van der Waals surface area contributed by atoms with Gasteiger partial charge in [0.2, 0.25) is 0 Å². The molecule has 0 aliphatic carbocycles. The molecular formula is C38H71NO8P+. The minimum Gasteiger partial charge on any atom is -0.462 e. The number of hydrogen-bond donors (Lipinski definition) is 1.